The van der Waals surface area contributed by atoms with Gasteiger partial charge in [0.25, 0.3) is 0 Å². The summed E-state index contributed by atoms with van der Waals surface area (Å²) in [5.41, 5.74) is 3.68. The quantitative estimate of drug-likeness (QED) is 0.676. The fourth-order valence-corrected chi connectivity index (χ4v) is 2.54. The number of hydrogen-bond acceptors (Lipinski definition) is 2. The molecule has 3 nitrogen and oxygen atoms in total. The first-order valence-electron chi connectivity index (χ1n) is 5.92. The van der Waals surface area contributed by atoms with Crippen LogP contribution in [0.1, 0.15) is 38.6 Å². The molecule has 3 heteroatoms. The number of imidazole rings is 1. The lowest BCUT2D eigenvalue weighted by molar-refractivity contribution is 0.490. The van der Waals surface area contributed by atoms with Gasteiger partial charge in [0, 0.05) is 18.2 Å². The Balaban J connectivity index is 2.38. The molecule has 1 aliphatic rings. The molecule has 2 aromatic rings. The zero-order valence-electron chi connectivity index (χ0n) is 10.1. The summed E-state index contributed by atoms with van der Waals surface area (Å²) in [6, 6.07) is 2.13. The maximum atomic E-state index is 4.71. The lowest BCUT2D eigenvalue weighted by atomic mass is 9.95. The Morgan fingerprint density at radius 3 is 2.88 bits per heavy atom. The van der Waals surface area contributed by atoms with E-state index in [9.17, 15) is 0 Å². The third kappa shape index (κ3) is 1.27. The molecule has 0 atom stereocenters. The molecule has 3 heterocycles. The highest BCUT2D eigenvalue weighted by molar-refractivity contribution is 5.76. The fourth-order valence-electron chi connectivity index (χ4n) is 2.54. The molecular formula is C13H17N3. The van der Waals surface area contributed by atoms with E-state index in [4.69, 9.17) is 4.98 Å². The Kier molecular flexibility index (Phi) is 1.88. The van der Waals surface area contributed by atoms with E-state index in [1.807, 2.05) is 6.20 Å². The van der Waals surface area contributed by atoms with Gasteiger partial charge in [0.2, 0.25) is 0 Å². The van der Waals surface area contributed by atoms with Crippen molar-refractivity contribution < 1.29 is 0 Å². The van der Waals surface area contributed by atoms with Gasteiger partial charge in [-0.2, -0.15) is 0 Å². The average Bonchev–Trinajstić information content (AvgIpc) is 2.60. The van der Waals surface area contributed by atoms with Crippen LogP contribution in [0, 0.1) is 0 Å². The normalized spacial score (nSPS) is 15.7. The van der Waals surface area contributed by atoms with Crippen LogP contribution < -0.4 is 0 Å². The minimum Gasteiger partial charge on any atom is -0.326 e. The van der Waals surface area contributed by atoms with E-state index >= 15 is 0 Å². The van der Waals surface area contributed by atoms with E-state index in [-0.39, 0.29) is 5.41 Å². The molecule has 1 aliphatic heterocycles. The molecule has 0 aliphatic carbocycles. The standard InChI is InChI=1S/C13H17N3/c1-13(2,3)12-15-11-10-9(6-7-14-11)5-4-8-16(10)12/h6-7H,4-5,8H2,1-3H3. The van der Waals surface area contributed by atoms with Crippen molar-refractivity contribution in [2.45, 2.75) is 45.6 Å². The number of pyridine rings is 1. The van der Waals surface area contributed by atoms with Crippen LogP contribution in [0.3, 0.4) is 0 Å². The second-order valence-corrected chi connectivity index (χ2v) is 5.58. The SMILES string of the molecule is CC(C)(C)c1nc2nccc3c2n1CCC3. The number of nitrogens with zero attached hydrogens (tertiary/aromatic N) is 3. The number of hydrogen-bond donors (Lipinski definition) is 0. The van der Waals surface area contributed by atoms with Gasteiger partial charge in [-0.15, -0.1) is 0 Å². The number of rotatable bonds is 0. The predicted octanol–water partition coefficient (Wildman–Crippen LogP) is 2.68. The Morgan fingerprint density at radius 1 is 1.31 bits per heavy atom. The molecule has 16 heavy (non-hydrogen) atoms. The highest BCUT2D eigenvalue weighted by Crippen LogP contribution is 2.30. The molecule has 0 saturated carbocycles. The minimum atomic E-state index is 0.0926. The van der Waals surface area contributed by atoms with Crippen LogP contribution in [-0.2, 0) is 18.4 Å². The topological polar surface area (TPSA) is 30.7 Å². The molecule has 0 fully saturated rings. The van der Waals surface area contributed by atoms with Crippen molar-refractivity contribution in [2.24, 2.45) is 0 Å². The smallest absolute Gasteiger partial charge is 0.178 e. The molecule has 0 bridgehead atoms. The van der Waals surface area contributed by atoms with Gasteiger partial charge in [0.05, 0.1) is 5.52 Å². The first-order valence-corrected chi connectivity index (χ1v) is 5.92. The van der Waals surface area contributed by atoms with Crippen molar-refractivity contribution in [1.82, 2.24) is 14.5 Å². The van der Waals surface area contributed by atoms with E-state index < -0.39 is 0 Å². The third-order valence-electron chi connectivity index (χ3n) is 3.22. The van der Waals surface area contributed by atoms with Crippen molar-refractivity contribution in [2.75, 3.05) is 0 Å². The third-order valence-corrected chi connectivity index (χ3v) is 3.22. The van der Waals surface area contributed by atoms with Gasteiger partial charge in [-0.05, 0) is 24.5 Å². The first kappa shape index (κ1) is 9.82. The summed E-state index contributed by atoms with van der Waals surface area (Å²) in [5, 5.41) is 0. The van der Waals surface area contributed by atoms with Gasteiger partial charge >= 0.3 is 0 Å². The van der Waals surface area contributed by atoms with Crippen molar-refractivity contribution >= 4 is 11.2 Å². The molecular weight excluding hydrogens is 198 g/mol. The summed E-state index contributed by atoms with van der Waals surface area (Å²) in [6.45, 7) is 7.73. The Hall–Kier alpha value is -1.38. The fraction of sp³-hybridized carbons (Fsp3) is 0.538. The lowest BCUT2D eigenvalue weighted by Gasteiger charge is -2.22. The molecule has 0 N–H and O–H groups in total. The molecule has 84 valence electrons. The van der Waals surface area contributed by atoms with E-state index in [1.165, 1.54) is 23.3 Å². The van der Waals surface area contributed by atoms with Crippen molar-refractivity contribution in [3.05, 3.63) is 23.7 Å². The summed E-state index contributed by atoms with van der Waals surface area (Å²) in [5.74, 6) is 1.17. The van der Waals surface area contributed by atoms with E-state index in [1.54, 1.807) is 0 Å². The maximum Gasteiger partial charge on any atom is 0.178 e. The van der Waals surface area contributed by atoms with Crippen LogP contribution in [0.15, 0.2) is 12.3 Å². The van der Waals surface area contributed by atoms with Crippen molar-refractivity contribution in [1.29, 1.82) is 0 Å². The first-order chi connectivity index (χ1) is 7.57. The van der Waals surface area contributed by atoms with Crippen LogP contribution in [0.2, 0.25) is 0 Å². The van der Waals surface area contributed by atoms with E-state index in [0.29, 0.717) is 0 Å². The van der Waals surface area contributed by atoms with Gasteiger partial charge < -0.3 is 4.57 Å². The summed E-state index contributed by atoms with van der Waals surface area (Å²) >= 11 is 0. The van der Waals surface area contributed by atoms with Gasteiger partial charge in [-0.1, -0.05) is 20.8 Å². The van der Waals surface area contributed by atoms with E-state index in [2.05, 4.69) is 36.4 Å². The monoisotopic (exact) mass is 215 g/mol. The predicted molar refractivity (Wildman–Crippen MR) is 64.5 cm³/mol. The van der Waals surface area contributed by atoms with Crippen LogP contribution in [0.5, 0.6) is 0 Å². The zero-order chi connectivity index (χ0) is 11.3. The lowest BCUT2D eigenvalue weighted by Crippen LogP contribution is -2.20. The molecule has 0 radical (unpaired) electrons. The highest BCUT2D eigenvalue weighted by atomic mass is 15.1. The molecule has 0 amide bonds. The number of aryl methyl sites for hydroxylation is 2. The van der Waals surface area contributed by atoms with Crippen LogP contribution >= 0.6 is 0 Å². The van der Waals surface area contributed by atoms with Gasteiger partial charge in [0.15, 0.2) is 5.65 Å². The Labute approximate surface area is 95.5 Å². The summed E-state index contributed by atoms with van der Waals surface area (Å²) in [7, 11) is 0. The molecule has 0 aromatic carbocycles. The van der Waals surface area contributed by atoms with E-state index in [0.717, 1.165) is 18.6 Å². The number of aromatic nitrogens is 3. The van der Waals surface area contributed by atoms with Crippen molar-refractivity contribution in [3.8, 4) is 0 Å². The molecule has 3 rings (SSSR count). The second kappa shape index (κ2) is 3.06. The van der Waals surface area contributed by atoms with Gasteiger partial charge in [-0.3, -0.25) is 0 Å². The van der Waals surface area contributed by atoms with Crippen LogP contribution in [0.25, 0.3) is 11.2 Å². The summed E-state index contributed by atoms with van der Waals surface area (Å²) in [6.07, 6.45) is 4.26. The maximum absolute atomic E-state index is 4.71. The van der Waals surface area contributed by atoms with Crippen LogP contribution in [0.4, 0.5) is 0 Å². The average molecular weight is 215 g/mol. The van der Waals surface area contributed by atoms with Crippen molar-refractivity contribution in [3.63, 3.8) is 0 Å². The second-order valence-electron chi connectivity index (χ2n) is 5.58. The Bertz CT molecular complexity index is 546. The molecule has 0 unspecified atom stereocenters. The highest BCUT2D eigenvalue weighted by Gasteiger charge is 2.25. The van der Waals surface area contributed by atoms with Gasteiger partial charge in [-0.25, -0.2) is 9.97 Å². The summed E-state index contributed by atoms with van der Waals surface area (Å²) in [4.78, 5) is 9.09. The molecule has 0 spiro atoms. The van der Waals surface area contributed by atoms with Crippen LogP contribution in [-0.4, -0.2) is 14.5 Å². The zero-order valence-corrected chi connectivity index (χ0v) is 10.1. The summed E-state index contributed by atoms with van der Waals surface area (Å²) < 4.78 is 2.36. The molecule has 2 aromatic heterocycles. The largest absolute Gasteiger partial charge is 0.326 e. The Morgan fingerprint density at radius 2 is 2.12 bits per heavy atom. The van der Waals surface area contributed by atoms with Gasteiger partial charge in [0.1, 0.15) is 5.82 Å². The molecule has 0 saturated heterocycles. The minimum absolute atomic E-state index is 0.0926.